The summed E-state index contributed by atoms with van der Waals surface area (Å²) in [6.07, 6.45) is -0.937. The Kier molecular flexibility index (Phi) is 5.06. The molecular weight excluding hydrogens is 292 g/mol. The molecule has 1 amide bonds. The number of amides is 1. The molecule has 0 aliphatic heterocycles. The molecule has 116 valence electrons. The maximum atomic E-state index is 13.0. The van der Waals surface area contributed by atoms with E-state index in [4.69, 9.17) is 4.74 Å². The molecule has 0 heterocycles. The second-order valence-corrected chi connectivity index (χ2v) is 4.66. The van der Waals surface area contributed by atoms with E-state index in [1.165, 1.54) is 7.11 Å². The number of aliphatic hydroxyl groups is 1. The van der Waals surface area contributed by atoms with Gasteiger partial charge in [0.1, 0.15) is 17.4 Å². The van der Waals surface area contributed by atoms with Crippen LogP contribution in [0.2, 0.25) is 0 Å². The fourth-order valence-electron chi connectivity index (χ4n) is 1.92. The van der Waals surface area contributed by atoms with E-state index < -0.39 is 23.6 Å². The van der Waals surface area contributed by atoms with Gasteiger partial charge in [0.25, 0.3) is 5.91 Å². The third-order valence-electron chi connectivity index (χ3n) is 3.08. The lowest BCUT2D eigenvalue weighted by Crippen LogP contribution is -2.28. The van der Waals surface area contributed by atoms with Gasteiger partial charge in [0.2, 0.25) is 0 Å². The molecule has 0 aliphatic carbocycles. The highest BCUT2D eigenvalue weighted by molar-refractivity contribution is 5.94. The van der Waals surface area contributed by atoms with Gasteiger partial charge >= 0.3 is 0 Å². The van der Waals surface area contributed by atoms with Crippen molar-refractivity contribution in [1.82, 2.24) is 5.32 Å². The smallest absolute Gasteiger partial charge is 0.251 e. The lowest BCUT2D eigenvalue weighted by atomic mass is 10.1. The topological polar surface area (TPSA) is 58.6 Å². The molecule has 6 heteroatoms. The van der Waals surface area contributed by atoms with E-state index in [0.29, 0.717) is 17.4 Å². The summed E-state index contributed by atoms with van der Waals surface area (Å²) in [5, 5.41) is 12.4. The molecule has 0 saturated heterocycles. The Balaban J connectivity index is 1.97. The first kappa shape index (κ1) is 15.9. The first-order valence-electron chi connectivity index (χ1n) is 6.56. The van der Waals surface area contributed by atoms with Crippen molar-refractivity contribution in [3.05, 3.63) is 65.2 Å². The maximum Gasteiger partial charge on any atom is 0.251 e. The van der Waals surface area contributed by atoms with Gasteiger partial charge in [-0.25, -0.2) is 8.78 Å². The molecule has 0 aromatic heterocycles. The van der Waals surface area contributed by atoms with Crippen molar-refractivity contribution in [2.45, 2.75) is 6.10 Å². The van der Waals surface area contributed by atoms with Crippen molar-refractivity contribution < 1.29 is 23.4 Å². The number of methoxy groups -OCH3 is 1. The summed E-state index contributed by atoms with van der Waals surface area (Å²) in [5.41, 5.74) is 0.450. The van der Waals surface area contributed by atoms with Gasteiger partial charge in [-0.05, 0) is 29.8 Å². The lowest BCUT2D eigenvalue weighted by Gasteiger charge is -2.13. The summed E-state index contributed by atoms with van der Waals surface area (Å²) >= 11 is 0. The molecule has 2 rings (SSSR count). The number of hydrogen-bond acceptors (Lipinski definition) is 3. The number of halogens is 2. The molecule has 0 saturated carbocycles. The minimum atomic E-state index is -0.937. The zero-order valence-electron chi connectivity index (χ0n) is 11.8. The zero-order chi connectivity index (χ0) is 16.1. The molecular formula is C16H15F2NO3. The van der Waals surface area contributed by atoms with Crippen LogP contribution in [-0.2, 0) is 0 Å². The predicted octanol–water partition coefficient (Wildman–Crippen LogP) is 2.44. The van der Waals surface area contributed by atoms with Gasteiger partial charge in [-0.3, -0.25) is 4.79 Å². The van der Waals surface area contributed by atoms with Gasteiger partial charge in [0.05, 0.1) is 13.2 Å². The summed E-state index contributed by atoms with van der Waals surface area (Å²) in [7, 11) is 1.53. The van der Waals surface area contributed by atoms with Crippen molar-refractivity contribution in [2.75, 3.05) is 13.7 Å². The van der Waals surface area contributed by atoms with Crippen LogP contribution in [0, 0.1) is 11.6 Å². The number of hydrogen-bond donors (Lipinski definition) is 2. The first-order chi connectivity index (χ1) is 10.5. The standard InChI is InChI=1S/C16H15F2NO3/c1-22-14-4-2-10(3-5-14)15(20)9-19-16(21)11-6-12(17)8-13(18)7-11/h2-8,15,20H,9H2,1H3,(H,19,21). The summed E-state index contributed by atoms with van der Waals surface area (Å²) in [4.78, 5) is 11.8. The molecule has 2 aromatic carbocycles. The first-order valence-corrected chi connectivity index (χ1v) is 6.56. The van der Waals surface area contributed by atoms with Crippen molar-refractivity contribution in [1.29, 1.82) is 0 Å². The van der Waals surface area contributed by atoms with Gasteiger partial charge in [0.15, 0.2) is 0 Å². The molecule has 22 heavy (non-hydrogen) atoms. The Hall–Kier alpha value is -2.47. The van der Waals surface area contributed by atoms with Crippen LogP contribution in [-0.4, -0.2) is 24.7 Å². The average Bonchev–Trinajstić information content (AvgIpc) is 2.51. The Morgan fingerprint density at radius 2 is 1.77 bits per heavy atom. The van der Waals surface area contributed by atoms with Gasteiger partial charge in [-0.1, -0.05) is 12.1 Å². The SMILES string of the molecule is COc1ccc(C(O)CNC(=O)c2cc(F)cc(F)c2)cc1. The number of aliphatic hydroxyl groups excluding tert-OH is 1. The van der Waals surface area contributed by atoms with E-state index in [1.54, 1.807) is 24.3 Å². The van der Waals surface area contributed by atoms with Crippen LogP contribution >= 0.6 is 0 Å². The van der Waals surface area contributed by atoms with Crippen LogP contribution < -0.4 is 10.1 Å². The van der Waals surface area contributed by atoms with Crippen LogP contribution in [0.5, 0.6) is 5.75 Å². The molecule has 1 unspecified atom stereocenters. The molecule has 0 radical (unpaired) electrons. The van der Waals surface area contributed by atoms with Crippen LogP contribution in [0.3, 0.4) is 0 Å². The van der Waals surface area contributed by atoms with Gasteiger partial charge in [-0.2, -0.15) is 0 Å². The van der Waals surface area contributed by atoms with E-state index in [9.17, 15) is 18.7 Å². The Bertz CT molecular complexity index is 639. The number of carbonyl (C=O) groups is 1. The largest absolute Gasteiger partial charge is 0.497 e. The number of nitrogens with one attached hydrogen (secondary N) is 1. The number of carbonyl (C=O) groups excluding carboxylic acids is 1. The summed E-state index contributed by atoms with van der Waals surface area (Å²) < 4.78 is 31.1. The van der Waals surface area contributed by atoms with Crippen molar-refractivity contribution in [2.24, 2.45) is 0 Å². The maximum absolute atomic E-state index is 13.0. The van der Waals surface area contributed by atoms with Crippen molar-refractivity contribution in [3.8, 4) is 5.75 Å². The van der Waals surface area contributed by atoms with Crippen LogP contribution in [0.15, 0.2) is 42.5 Å². The van der Waals surface area contributed by atoms with Crippen LogP contribution in [0.4, 0.5) is 8.78 Å². The fourth-order valence-corrected chi connectivity index (χ4v) is 1.92. The number of rotatable bonds is 5. The highest BCUT2D eigenvalue weighted by Gasteiger charge is 2.12. The van der Waals surface area contributed by atoms with Crippen LogP contribution in [0.25, 0.3) is 0 Å². The third kappa shape index (κ3) is 4.02. The Morgan fingerprint density at radius 3 is 2.32 bits per heavy atom. The molecule has 0 fully saturated rings. The molecule has 0 spiro atoms. The van der Waals surface area contributed by atoms with Gasteiger partial charge < -0.3 is 15.2 Å². The monoisotopic (exact) mass is 307 g/mol. The lowest BCUT2D eigenvalue weighted by molar-refractivity contribution is 0.0915. The van der Waals surface area contributed by atoms with Crippen molar-refractivity contribution in [3.63, 3.8) is 0 Å². The van der Waals surface area contributed by atoms with E-state index >= 15 is 0 Å². The second-order valence-electron chi connectivity index (χ2n) is 4.66. The molecule has 1 atom stereocenters. The van der Waals surface area contributed by atoms with Crippen molar-refractivity contribution >= 4 is 5.91 Å². The minimum Gasteiger partial charge on any atom is -0.497 e. The second kappa shape index (κ2) is 7.00. The molecule has 2 aromatic rings. The zero-order valence-corrected chi connectivity index (χ0v) is 11.8. The molecule has 0 aliphatic rings. The highest BCUT2D eigenvalue weighted by atomic mass is 19.1. The summed E-state index contributed by atoms with van der Waals surface area (Å²) in [5.74, 6) is -1.68. The molecule has 4 nitrogen and oxygen atoms in total. The van der Waals surface area contributed by atoms with E-state index in [-0.39, 0.29) is 12.1 Å². The van der Waals surface area contributed by atoms with E-state index in [1.807, 2.05) is 0 Å². The van der Waals surface area contributed by atoms with Gasteiger partial charge in [-0.15, -0.1) is 0 Å². The third-order valence-corrected chi connectivity index (χ3v) is 3.08. The van der Waals surface area contributed by atoms with E-state index in [2.05, 4.69) is 5.32 Å². The number of benzene rings is 2. The average molecular weight is 307 g/mol. The highest BCUT2D eigenvalue weighted by Crippen LogP contribution is 2.17. The normalized spacial score (nSPS) is 11.8. The van der Waals surface area contributed by atoms with E-state index in [0.717, 1.165) is 12.1 Å². The predicted molar refractivity (Wildman–Crippen MR) is 76.6 cm³/mol. The minimum absolute atomic E-state index is 0.0801. The number of ether oxygens (including phenoxy) is 1. The van der Waals surface area contributed by atoms with Gasteiger partial charge in [0, 0.05) is 18.2 Å². The Morgan fingerprint density at radius 1 is 1.18 bits per heavy atom. The summed E-state index contributed by atoms with van der Waals surface area (Å²) in [6, 6.07) is 9.24. The Labute approximate surface area is 126 Å². The quantitative estimate of drug-likeness (QED) is 0.892. The summed E-state index contributed by atoms with van der Waals surface area (Å²) in [6.45, 7) is -0.0801. The van der Waals surface area contributed by atoms with Crippen LogP contribution in [0.1, 0.15) is 22.0 Å². The molecule has 0 bridgehead atoms. The fraction of sp³-hybridized carbons (Fsp3) is 0.188. The molecule has 2 N–H and O–H groups in total.